The first-order chi connectivity index (χ1) is 11.6. The molecule has 1 amide bonds. The van der Waals surface area contributed by atoms with Gasteiger partial charge in [-0.15, -0.1) is 0 Å². The van der Waals surface area contributed by atoms with E-state index in [1.165, 1.54) is 0 Å². The Morgan fingerprint density at radius 2 is 2.00 bits per heavy atom. The number of aryl methyl sites for hydroxylation is 1. The number of carbonyl (C=O) groups is 1. The van der Waals surface area contributed by atoms with Crippen molar-refractivity contribution >= 4 is 17.5 Å². The van der Waals surface area contributed by atoms with Crippen LogP contribution < -0.4 is 14.8 Å². The van der Waals surface area contributed by atoms with Crippen LogP contribution in [0.15, 0.2) is 36.4 Å². The van der Waals surface area contributed by atoms with Crippen LogP contribution in [0.2, 0.25) is 5.02 Å². The van der Waals surface area contributed by atoms with Gasteiger partial charge in [0, 0.05) is 6.54 Å². The number of halogens is 1. The molecule has 0 aliphatic carbocycles. The highest BCUT2D eigenvalue weighted by atomic mass is 35.5. The van der Waals surface area contributed by atoms with E-state index < -0.39 is 0 Å². The summed E-state index contributed by atoms with van der Waals surface area (Å²) in [6.45, 7) is 3.61. The van der Waals surface area contributed by atoms with E-state index in [2.05, 4.69) is 5.32 Å². The molecule has 0 bridgehead atoms. The van der Waals surface area contributed by atoms with Crippen molar-refractivity contribution in [1.82, 2.24) is 5.32 Å². The second-order valence-electron chi connectivity index (χ2n) is 5.81. The third kappa shape index (κ3) is 4.01. The lowest BCUT2D eigenvalue weighted by Crippen LogP contribution is -2.27. The summed E-state index contributed by atoms with van der Waals surface area (Å²) in [4.78, 5) is 12.1. The molecule has 2 aromatic carbocycles. The van der Waals surface area contributed by atoms with E-state index in [-0.39, 0.29) is 5.91 Å². The number of benzene rings is 2. The van der Waals surface area contributed by atoms with Gasteiger partial charge in [0.15, 0.2) is 11.5 Å². The Kier molecular flexibility index (Phi) is 5.26. The van der Waals surface area contributed by atoms with Gasteiger partial charge in [0.1, 0.15) is 13.2 Å². The summed E-state index contributed by atoms with van der Waals surface area (Å²) in [6.07, 6.45) is 1.09. The molecule has 0 unspecified atom stereocenters. The van der Waals surface area contributed by atoms with Crippen molar-refractivity contribution in [3.63, 3.8) is 0 Å². The Morgan fingerprint density at radius 1 is 1.21 bits per heavy atom. The summed E-state index contributed by atoms with van der Waals surface area (Å²) >= 11 is 6.22. The van der Waals surface area contributed by atoms with Crippen molar-refractivity contribution in [2.75, 3.05) is 19.8 Å². The topological polar surface area (TPSA) is 47.6 Å². The van der Waals surface area contributed by atoms with Crippen molar-refractivity contribution in [1.29, 1.82) is 0 Å². The number of amides is 1. The van der Waals surface area contributed by atoms with Crippen molar-refractivity contribution < 1.29 is 14.3 Å². The molecule has 24 heavy (non-hydrogen) atoms. The Bertz CT molecular complexity index is 745. The molecular weight excluding hydrogens is 326 g/mol. The van der Waals surface area contributed by atoms with Crippen molar-refractivity contribution in [2.45, 2.75) is 19.8 Å². The molecule has 0 saturated carbocycles. The second kappa shape index (κ2) is 7.58. The maximum absolute atomic E-state index is 12.1. The first kappa shape index (κ1) is 16.7. The monoisotopic (exact) mass is 345 g/mol. The third-order valence-corrected chi connectivity index (χ3v) is 4.29. The molecule has 1 aliphatic heterocycles. The maximum atomic E-state index is 12.1. The molecule has 0 aromatic heterocycles. The normalized spacial score (nSPS) is 12.8. The van der Waals surface area contributed by atoms with Gasteiger partial charge < -0.3 is 14.8 Å². The second-order valence-corrected chi connectivity index (χ2v) is 6.21. The Morgan fingerprint density at radius 3 is 2.83 bits per heavy atom. The summed E-state index contributed by atoms with van der Waals surface area (Å²) in [5.41, 5.74) is 3.20. The molecule has 1 N–H and O–H groups in total. The Balaban J connectivity index is 1.54. The Hall–Kier alpha value is -2.20. The number of rotatable bonds is 5. The minimum Gasteiger partial charge on any atom is -0.486 e. The lowest BCUT2D eigenvalue weighted by Gasteiger charge is -2.20. The van der Waals surface area contributed by atoms with Crippen LogP contribution in [0.1, 0.15) is 16.7 Å². The molecule has 0 fully saturated rings. The van der Waals surface area contributed by atoms with Gasteiger partial charge in [-0.25, -0.2) is 0 Å². The van der Waals surface area contributed by atoms with Crippen LogP contribution in [0, 0.1) is 6.92 Å². The highest BCUT2D eigenvalue weighted by Gasteiger charge is 2.16. The van der Waals surface area contributed by atoms with E-state index in [0.29, 0.717) is 49.1 Å². The zero-order valence-corrected chi connectivity index (χ0v) is 14.4. The quantitative estimate of drug-likeness (QED) is 0.904. The minimum absolute atomic E-state index is 0.0212. The van der Waals surface area contributed by atoms with E-state index in [9.17, 15) is 4.79 Å². The van der Waals surface area contributed by atoms with Gasteiger partial charge in [-0.1, -0.05) is 35.9 Å². The number of fused-ring (bicyclic) bond motifs is 1. The smallest absolute Gasteiger partial charge is 0.224 e. The van der Waals surface area contributed by atoms with Gasteiger partial charge in [-0.3, -0.25) is 4.79 Å². The standard InChI is InChI=1S/C19H20ClNO3/c1-13-4-2-3-5-15(13)12-18(22)21-7-6-14-10-16(20)19-17(11-14)23-8-9-24-19/h2-5,10-11H,6-9,12H2,1H3,(H,21,22). The van der Waals surface area contributed by atoms with Crippen LogP contribution in [-0.2, 0) is 17.6 Å². The van der Waals surface area contributed by atoms with Gasteiger partial charge >= 0.3 is 0 Å². The number of hydrogen-bond acceptors (Lipinski definition) is 3. The summed E-state index contributed by atoms with van der Waals surface area (Å²) < 4.78 is 11.1. The molecule has 126 valence electrons. The van der Waals surface area contributed by atoms with E-state index in [0.717, 1.165) is 16.7 Å². The summed E-state index contributed by atoms with van der Waals surface area (Å²) in [6, 6.07) is 11.7. The predicted octanol–water partition coefficient (Wildman–Crippen LogP) is 3.32. The lowest BCUT2D eigenvalue weighted by molar-refractivity contribution is -0.120. The number of hydrogen-bond donors (Lipinski definition) is 1. The van der Waals surface area contributed by atoms with Crippen LogP contribution in [0.4, 0.5) is 0 Å². The lowest BCUT2D eigenvalue weighted by atomic mass is 10.1. The number of nitrogens with one attached hydrogen (secondary N) is 1. The molecule has 4 nitrogen and oxygen atoms in total. The van der Waals surface area contributed by atoms with Gasteiger partial charge in [0.2, 0.25) is 5.91 Å². The SMILES string of the molecule is Cc1ccccc1CC(=O)NCCc1cc(Cl)c2c(c1)OCCO2. The predicted molar refractivity (Wildman–Crippen MR) is 94.0 cm³/mol. The van der Waals surface area contributed by atoms with Crippen LogP contribution >= 0.6 is 11.6 Å². The molecular formula is C19H20ClNO3. The molecule has 1 aliphatic rings. The zero-order chi connectivity index (χ0) is 16.9. The van der Waals surface area contributed by atoms with Gasteiger partial charge in [-0.05, 0) is 42.2 Å². The summed E-state index contributed by atoms with van der Waals surface area (Å²) in [5, 5.41) is 3.50. The molecule has 5 heteroatoms. The molecule has 0 radical (unpaired) electrons. The molecule has 0 spiro atoms. The molecule has 1 heterocycles. The van der Waals surface area contributed by atoms with Crippen LogP contribution in [-0.4, -0.2) is 25.7 Å². The maximum Gasteiger partial charge on any atom is 0.224 e. The number of carbonyl (C=O) groups excluding carboxylic acids is 1. The fourth-order valence-electron chi connectivity index (χ4n) is 2.70. The minimum atomic E-state index is 0.0212. The highest BCUT2D eigenvalue weighted by Crippen LogP contribution is 2.38. The average molecular weight is 346 g/mol. The van der Waals surface area contributed by atoms with E-state index >= 15 is 0 Å². The van der Waals surface area contributed by atoms with Crippen LogP contribution in [0.3, 0.4) is 0 Å². The van der Waals surface area contributed by atoms with Gasteiger partial charge in [0.05, 0.1) is 11.4 Å². The fraction of sp³-hybridized carbons (Fsp3) is 0.316. The van der Waals surface area contributed by atoms with Crippen LogP contribution in [0.25, 0.3) is 0 Å². The van der Waals surface area contributed by atoms with Gasteiger partial charge in [0.25, 0.3) is 0 Å². The Labute approximate surface area is 146 Å². The van der Waals surface area contributed by atoms with E-state index in [1.54, 1.807) is 0 Å². The molecule has 0 saturated heterocycles. The van der Waals surface area contributed by atoms with E-state index in [1.807, 2.05) is 43.3 Å². The first-order valence-corrected chi connectivity index (χ1v) is 8.40. The van der Waals surface area contributed by atoms with Gasteiger partial charge in [-0.2, -0.15) is 0 Å². The third-order valence-electron chi connectivity index (χ3n) is 4.00. The number of ether oxygens (including phenoxy) is 2. The van der Waals surface area contributed by atoms with Crippen molar-refractivity contribution in [3.8, 4) is 11.5 Å². The fourth-order valence-corrected chi connectivity index (χ4v) is 2.99. The summed E-state index contributed by atoms with van der Waals surface area (Å²) in [7, 11) is 0. The molecule has 0 atom stereocenters. The van der Waals surface area contributed by atoms with Crippen molar-refractivity contribution in [3.05, 3.63) is 58.1 Å². The van der Waals surface area contributed by atoms with Crippen LogP contribution in [0.5, 0.6) is 11.5 Å². The largest absolute Gasteiger partial charge is 0.486 e. The zero-order valence-electron chi connectivity index (χ0n) is 13.6. The van der Waals surface area contributed by atoms with E-state index in [4.69, 9.17) is 21.1 Å². The average Bonchev–Trinajstić information content (AvgIpc) is 2.57. The molecule has 2 aromatic rings. The highest BCUT2D eigenvalue weighted by molar-refractivity contribution is 6.32. The summed E-state index contributed by atoms with van der Waals surface area (Å²) in [5.74, 6) is 1.30. The van der Waals surface area contributed by atoms with Crippen molar-refractivity contribution in [2.24, 2.45) is 0 Å². The first-order valence-electron chi connectivity index (χ1n) is 8.02. The molecule has 3 rings (SSSR count).